The number of aromatic nitrogens is 2. The fourth-order valence-electron chi connectivity index (χ4n) is 5.33. The second-order valence-electron chi connectivity index (χ2n) is 9.52. The number of piperidine rings is 1. The molecule has 3 aromatic rings. The van der Waals surface area contributed by atoms with Gasteiger partial charge in [0.1, 0.15) is 0 Å². The van der Waals surface area contributed by atoms with Crippen molar-refractivity contribution in [2.45, 2.75) is 53.1 Å². The Labute approximate surface area is 216 Å². The number of hydrogen-bond donors (Lipinski definition) is 2. The van der Waals surface area contributed by atoms with Crippen LogP contribution in [0.1, 0.15) is 60.0 Å². The number of carbonyl (C=O) groups is 1. The molecule has 194 valence electrons. The first-order valence-corrected chi connectivity index (χ1v) is 14.3. The average molecular weight is 533 g/mol. The molecule has 1 aliphatic heterocycles. The summed E-state index contributed by atoms with van der Waals surface area (Å²) >= 11 is 6.25. The Hall–Kier alpha value is -2.62. The highest BCUT2D eigenvalue weighted by atomic mass is 35.5. The molecule has 1 aliphatic rings. The molecule has 1 atom stereocenters. The maximum absolute atomic E-state index is 13.4. The molecule has 3 heterocycles. The summed E-state index contributed by atoms with van der Waals surface area (Å²) in [5.74, 6) is 0.130. The van der Waals surface area contributed by atoms with Gasteiger partial charge in [-0.3, -0.25) is 9.59 Å². The molecule has 2 aromatic heterocycles. The van der Waals surface area contributed by atoms with E-state index in [1.807, 2.05) is 31.2 Å². The van der Waals surface area contributed by atoms with Crippen LogP contribution in [0, 0.1) is 19.8 Å². The van der Waals surface area contributed by atoms with Crippen molar-refractivity contribution in [3.05, 3.63) is 68.2 Å². The summed E-state index contributed by atoms with van der Waals surface area (Å²) in [5, 5.41) is 4.04. The number of H-pyrrole nitrogens is 1. The average Bonchev–Trinajstić information content (AvgIpc) is 3.14. The second kappa shape index (κ2) is 10.4. The number of carbonyl (C=O) groups excluding carboxylic acids is 1. The Morgan fingerprint density at radius 2 is 1.89 bits per heavy atom. The highest BCUT2D eigenvalue weighted by molar-refractivity contribution is 7.89. The number of para-hydroxylation sites is 1. The van der Waals surface area contributed by atoms with Crippen LogP contribution in [0.15, 0.2) is 35.1 Å². The van der Waals surface area contributed by atoms with E-state index in [9.17, 15) is 18.0 Å². The molecular formula is C26H33ClN4O4S. The second-order valence-corrected chi connectivity index (χ2v) is 12.2. The van der Waals surface area contributed by atoms with Gasteiger partial charge in [-0.2, -0.15) is 0 Å². The minimum absolute atomic E-state index is 0.0200. The molecule has 0 spiro atoms. The lowest BCUT2D eigenvalue weighted by Crippen LogP contribution is -2.40. The maximum atomic E-state index is 13.4. The first kappa shape index (κ1) is 26.4. The van der Waals surface area contributed by atoms with Gasteiger partial charge in [0.15, 0.2) is 0 Å². The van der Waals surface area contributed by atoms with Gasteiger partial charge in [0.25, 0.3) is 11.5 Å². The molecule has 36 heavy (non-hydrogen) atoms. The SMILES string of the molecule is CCS(=O)(=O)N1CCC([C@@H](C)n2c(C)c(C(=O)NCc3c(Cl)cc(C)[nH]c3=O)c3ccccc32)CC1. The predicted octanol–water partition coefficient (Wildman–Crippen LogP) is 4.15. The summed E-state index contributed by atoms with van der Waals surface area (Å²) in [6.07, 6.45) is 1.53. The van der Waals surface area contributed by atoms with Gasteiger partial charge in [-0.15, -0.1) is 0 Å². The van der Waals surface area contributed by atoms with Crippen LogP contribution in [-0.2, 0) is 16.6 Å². The van der Waals surface area contributed by atoms with Crippen molar-refractivity contribution in [3.63, 3.8) is 0 Å². The van der Waals surface area contributed by atoms with Crippen LogP contribution in [0.2, 0.25) is 5.02 Å². The lowest BCUT2D eigenvalue weighted by Gasteiger charge is -2.35. The third kappa shape index (κ3) is 4.96. The van der Waals surface area contributed by atoms with Gasteiger partial charge in [-0.1, -0.05) is 29.8 Å². The summed E-state index contributed by atoms with van der Waals surface area (Å²) in [6.45, 7) is 8.56. The Morgan fingerprint density at radius 1 is 1.22 bits per heavy atom. The number of rotatable bonds is 7. The van der Waals surface area contributed by atoms with Crippen molar-refractivity contribution < 1.29 is 13.2 Å². The maximum Gasteiger partial charge on any atom is 0.254 e. The third-order valence-corrected chi connectivity index (χ3v) is 9.59. The zero-order chi connectivity index (χ0) is 26.2. The molecule has 8 nitrogen and oxygen atoms in total. The lowest BCUT2D eigenvalue weighted by atomic mass is 9.91. The van der Waals surface area contributed by atoms with E-state index in [0.717, 1.165) is 29.4 Å². The minimum Gasteiger partial charge on any atom is -0.348 e. The normalized spacial score (nSPS) is 16.4. The topological polar surface area (TPSA) is 104 Å². The number of hydrogen-bond acceptors (Lipinski definition) is 4. The van der Waals surface area contributed by atoms with Gasteiger partial charge in [0.05, 0.1) is 28.4 Å². The quantitative estimate of drug-likeness (QED) is 0.477. The lowest BCUT2D eigenvalue weighted by molar-refractivity contribution is 0.0951. The number of nitrogens with zero attached hydrogens (tertiary/aromatic N) is 2. The fraction of sp³-hybridized carbons (Fsp3) is 0.462. The number of amides is 1. The largest absolute Gasteiger partial charge is 0.348 e. The van der Waals surface area contributed by atoms with Crippen LogP contribution in [0.25, 0.3) is 10.9 Å². The van der Waals surface area contributed by atoms with Crippen molar-refractivity contribution in [2.24, 2.45) is 5.92 Å². The number of fused-ring (bicyclic) bond motifs is 1. The van der Waals surface area contributed by atoms with Gasteiger partial charge in [-0.05, 0) is 58.6 Å². The van der Waals surface area contributed by atoms with Crippen molar-refractivity contribution >= 4 is 38.4 Å². The number of benzene rings is 1. The minimum atomic E-state index is -3.18. The van der Waals surface area contributed by atoms with E-state index in [2.05, 4.69) is 21.8 Å². The smallest absolute Gasteiger partial charge is 0.254 e. The first-order valence-electron chi connectivity index (χ1n) is 12.3. The van der Waals surface area contributed by atoms with Gasteiger partial charge in [0.2, 0.25) is 10.0 Å². The van der Waals surface area contributed by atoms with E-state index >= 15 is 0 Å². The highest BCUT2D eigenvalue weighted by Gasteiger charge is 2.32. The van der Waals surface area contributed by atoms with E-state index < -0.39 is 10.0 Å². The van der Waals surface area contributed by atoms with E-state index in [-0.39, 0.29) is 35.7 Å². The van der Waals surface area contributed by atoms with Crippen molar-refractivity contribution in [1.82, 2.24) is 19.2 Å². The molecule has 0 radical (unpaired) electrons. The Balaban J connectivity index is 1.60. The van der Waals surface area contributed by atoms with Crippen LogP contribution >= 0.6 is 11.6 Å². The van der Waals surface area contributed by atoms with E-state index in [4.69, 9.17) is 11.6 Å². The van der Waals surface area contributed by atoms with Crippen LogP contribution < -0.4 is 10.9 Å². The summed E-state index contributed by atoms with van der Waals surface area (Å²) < 4.78 is 28.3. The van der Waals surface area contributed by atoms with Crippen LogP contribution in [0.3, 0.4) is 0 Å². The van der Waals surface area contributed by atoms with Gasteiger partial charge >= 0.3 is 0 Å². The summed E-state index contributed by atoms with van der Waals surface area (Å²) in [5.41, 5.74) is 3.04. The highest BCUT2D eigenvalue weighted by Crippen LogP contribution is 2.36. The molecule has 1 saturated heterocycles. The number of nitrogens with one attached hydrogen (secondary N) is 2. The molecule has 4 rings (SSSR count). The van der Waals surface area contributed by atoms with Crippen molar-refractivity contribution in [2.75, 3.05) is 18.8 Å². The number of aryl methyl sites for hydroxylation is 1. The molecule has 0 bridgehead atoms. The summed E-state index contributed by atoms with van der Waals surface area (Å²) in [6, 6.07) is 9.55. The predicted molar refractivity (Wildman–Crippen MR) is 143 cm³/mol. The van der Waals surface area contributed by atoms with E-state index in [1.165, 1.54) is 0 Å². The van der Waals surface area contributed by atoms with Crippen molar-refractivity contribution in [1.29, 1.82) is 0 Å². The van der Waals surface area contributed by atoms with Crippen molar-refractivity contribution in [3.8, 4) is 0 Å². The molecule has 0 unspecified atom stereocenters. The number of aromatic amines is 1. The van der Waals surface area contributed by atoms with Crippen LogP contribution in [-0.4, -0.2) is 47.0 Å². The molecule has 1 aromatic carbocycles. The van der Waals surface area contributed by atoms with Gasteiger partial charge in [-0.25, -0.2) is 12.7 Å². The van der Waals surface area contributed by atoms with Crippen LogP contribution in [0.5, 0.6) is 0 Å². The third-order valence-electron chi connectivity index (χ3n) is 7.37. The summed E-state index contributed by atoms with van der Waals surface area (Å²) in [7, 11) is -3.18. The molecule has 1 fully saturated rings. The molecule has 1 amide bonds. The number of halogens is 1. The molecule has 10 heteroatoms. The first-order chi connectivity index (χ1) is 17.0. The van der Waals surface area contributed by atoms with E-state index in [1.54, 1.807) is 24.2 Å². The number of sulfonamides is 1. The molecule has 2 N–H and O–H groups in total. The van der Waals surface area contributed by atoms with Gasteiger partial charge < -0.3 is 14.9 Å². The van der Waals surface area contributed by atoms with E-state index in [0.29, 0.717) is 34.9 Å². The molecule has 0 aliphatic carbocycles. The standard InChI is InChI=1S/C26H33ClN4O4S/c1-5-36(34,35)30-12-10-19(11-13-30)17(3)31-18(4)24(20-8-6-7-9-23(20)31)26(33)28-15-21-22(27)14-16(2)29-25(21)32/h6-9,14,17,19H,5,10-13,15H2,1-4H3,(H,28,33)(H,29,32)/t17-/m1/s1. The molecular weight excluding hydrogens is 500 g/mol. The van der Waals surface area contributed by atoms with Gasteiger partial charge in [0, 0.05) is 41.4 Å². The zero-order valence-electron chi connectivity index (χ0n) is 21.1. The Morgan fingerprint density at radius 3 is 2.53 bits per heavy atom. The van der Waals surface area contributed by atoms with Crippen LogP contribution in [0.4, 0.5) is 0 Å². The zero-order valence-corrected chi connectivity index (χ0v) is 22.7. The Bertz CT molecular complexity index is 1450. The molecule has 0 saturated carbocycles. The fourth-order valence-corrected chi connectivity index (χ4v) is 6.78. The number of pyridine rings is 1. The Kier molecular flexibility index (Phi) is 7.64. The monoisotopic (exact) mass is 532 g/mol. The summed E-state index contributed by atoms with van der Waals surface area (Å²) in [4.78, 5) is 28.4.